The SMILES string of the molecule is O=C(NC[C@@H](O)c1ccc(-c2ccco2)cc1)[C@@H]1CCOC1. The minimum absolute atomic E-state index is 0.0521. The highest BCUT2D eigenvalue weighted by Crippen LogP contribution is 2.22. The van der Waals surface area contributed by atoms with E-state index in [4.69, 9.17) is 9.15 Å². The number of ether oxygens (including phenoxy) is 1. The summed E-state index contributed by atoms with van der Waals surface area (Å²) in [5.41, 5.74) is 1.71. The van der Waals surface area contributed by atoms with Crippen LogP contribution in [0.2, 0.25) is 0 Å². The maximum Gasteiger partial charge on any atom is 0.225 e. The minimum Gasteiger partial charge on any atom is -0.464 e. The van der Waals surface area contributed by atoms with E-state index in [0.717, 1.165) is 23.3 Å². The van der Waals surface area contributed by atoms with Crippen molar-refractivity contribution in [3.63, 3.8) is 0 Å². The fraction of sp³-hybridized carbons (Fsp3) is 0.353. The predicted molar refractivity (Wildman–Crippen MR) is 81.0 cm³/mol. The van der Waals surface area contributed by atoms with Crippen molar-refractivity contribution in [2.45, 2.75) is 12.5 Å². The highest BCUT2D eigenvalue weighted by Gasteiger charge is 2.23. The Morgan fingerprint density at radius 1 is 1.32 bits per heavy atom. The fourth-order valence-corrected chi connectivity index (χ4v) is 2.51. The Labute approximate surface area is 128 Å². The number of aliphatic hydroxyl groups excluding tert-OH is 1. The first-order valence-corrected chi connectivity index (χ1v) is 7.41. The van der Waals surface area contributed by atoms with Gasteiger partial charge in [0, 0.05) is 18.7 Å². The van der Waals surface area contributed by atoms with Crippen LogP contribution in [0.25, 0.3) is 11.3 Å². The summed E-state index contributed by atoms with van der Waals surface area (Å²) < 4.78 is 10.5. The molecule has 2 heterocycles. The molecule has 5 heteroatoms. The molecule has 1 aromatic carbocycles. The van der Waals surface area contributed by atoms with Gasteiger partial charge in [0.1, 0.15) is 5.76 Å². The summed E-state index contributed by atoms with van der Waals surface area (Å²) in [6, 6.07) is 11.2. The number of benzene rings is 1. The molecule has 1 aliphatic heterocycles. The zero-order chi connectivity index (χ0) is 15.4. The first-order valence-electron chi connectivity index (χ1n) is 7.41. The van der Waals surface area contributed by atoms with Crippen molar-refractivity contribution in [1.82, 2.24) is 5.32 Å². The average molecular weight is 301 g/mol. The molecule has 1 saturated heterocycles. The van der Waals surface area contributed by atoms with Gasteiger partial charge < -0.3 is 19.6 Å². The molecule has 1 amide bonds. The van der Waals surface area contributed by atoms with Crippen LogP contribution in [0.5, 0.6) is 0 Å². The van der Waals surface area contributed by atoms with Crippen LogP contribution in [0.1, 0.15) is 18.1 Å². The number of furan rings is 1. The standard InChI is InChI=1S/C17H19NO4/c19-15(10-18-17(20)14-7-9-21-11-14)12-3-5-13(6-4-12)16-2-1-8-22-16/h1-6,8,14-15,19H,7,9-11H2,(H,18,20)/t14-,15-/m1/s1. The molecule has 3 rings (SSSR count). The van der Waals surface area contributed by atoms with Crippen molar-refractivity contribution in [3.8, 4) is 11.3 Å². The van der Waals surface area contributed by atoms with E-state index in [1.807, 2.05) is 36.4 Å². The molecule has 0 bridgehead atoms. The number of nitrogens with one attached hydrogen (secondary N) is 1. The lowest BCUT2D eigenvalue weighted by atomic mass is 10.0. The van der Waals surface area contributed by atoms with E-state index in [1.54, 1.807) is 6.26 Å². The third kappa shape index (κ3) is 3.37. The van der Waals surface area contributed by atoms with Gasteiger partial charge in [0.05, 0.1) is 24.9 Å². The van der Waals surface area contributed by atoms with Crippen LogP contribution in [0, 0.1) is 5.92 Å². The summed E-state index contributed by atoms with van der Waals surface area (Å²) in [5.74, 6) is 0.646. The average Bonchev–Trinajstić information content (AvgIpc) is 3.25. The summed E-state index contributed by atoms with van der Waals surface area (Å²) in [5, 5.41) is 12.9. The van der Waals surface area contributed by atoms with Crippen molar-refractivity contribution in [1.29, 1.82) is 0 Å². The summed E-state index contributed by atoms with van der Waals surface area (Å²) in [7, 11) is 0. The van der Waals surface area contributed by atoms with Crippen LogP contribution >= 0.6 is 0 Å². The second-order valence-electron chi connectivity index (χ2n) is 5.42. The van der Waals surface area contributed by atoms with E-state index >= 15 is 0 Å². The third-order valence-electron chi connectivity index (χ3n) is 3.87. The van der Waals surface area contributed by atoms with Crippen LogP contribution in [0.4, 0.5) is 0 Å². The van der Waals surface area contributed by atoms with E-state index < -0.39 is 6.10 Å². The van der Waals surface area contributed by atoms with Crippen LogP contribution in [0.15, 0.2) is 47.1 Å². The molecule has 0 saturated carbocycles. The van der Waals surface area contributed by atoms with Crippen LogP contribution < -0.4 is 5.32 Å². The van der Waals surface area contributed by atoms with E-state index in [0.29, 0.717) is 13.2 Å². The lowest BCUT2D eigenvalue weighted by Crippen LogP contribution is -2.34. The Morgan fingerprint density at radius 3 is 2.77 bits per heavy atom. The number of rotatable bonds is 5. The fourth-order valence-electron chi connectivity index (χ4n) is 2.51. The Kier molecular flexibility index (Phi) is 4.56. The molecular weight excluding hydrogens is 282 g/mol. The minimum atomic E-state index is -0.725. The van der Waals surface area contributed by atoms with Crippen LogP contribution in [-0.2, 0) is 9.53 Å². The molecule has 2 atom stereocenters. The van der Waals surface area contributed by atoms with E-state index in [2.05, 4.69) is 5.32 Å². The molecule has 0 spiro atoms. The molecule has 0 unspecified atom stereocenters. The number of carbonyl (C=O) groups excluding carboxylic acids is 1. The molecular formula is C17H19NO4. The van der Waals surface area contributed by atoms with Gasteiger partial charge in [-0.2, -0.15) is 0 Å². The molecule has 5 nitrogen and oxygen atoms in total. The second-order valence-corrected chi connectivity index (χ2v) is 5.42. The molecule has 2 aromatic rings. The normalized spacial score (nSPS) is 19.0. The smallest absolute Gasteiger partial charge is 0.225 e. The maximum atomic E-state index is 11.9. The third-order valence-corrected chi connectivity index (χ3v) is 3.87. The molecule has 116 valence electrons. The molecule has 1 fully saturated rings. The lowest BCUT2D eigenvalue weighted by Gasteiger charge is -2.14. The molecule has 0 aliphatic carbocycles. The Morgan fingerprint density at radius 2 is 2.14 bits per heavy atom. The summed E-state index contributed by atoms with van der Waals surface area (Å²) in [6.45, 7) is 1.31. The second kappa shape index (κ2) is 6.77. The number of aliphatic hydroxyl groups is 1. The van der Waals surface area contributed by atoms with Gasteiger partial charge in [0.15, 0.2) is 0 Å². The number of hydrogen-bond acceptors (Lipinski definition) is 4. The zero-order valence-corrected chi connectivity index (χ0v) is 12.2. The zero-order valence-electron chi connectivity index (χ0n) is 12.2. The molecule has 2 N–H and O–H groups in total. The van der Waals surface area contributed by atoms with Gasteiger partial charge >= 0.3 is 0 Å². The summed E-state index contributed by atoms with van der Waals surface area (Å²) in [6.07, 6.45) is 1.65. The van der Waals surface area contributed by atoms with Gasteiger partial charge in [-0.3, -0.25) is 4.79 Å². The first-order chi connectivity index (χ1) is 10.7. The number of hydrogen-bond donors (Lipinski definition) is 2. The highest BCUT2D eigenvalue weighted by atomic mass is 16.5. The van der Waals surface area contributed by atoms with Gasteiger partial charge in [-0.05, 0) is 24.1 Å². The number of amides is 1. The largest absolute Gasteiger partial charge is 0.464 e. The van der Waals surface area contributed by atoms with Gasteiger partial charge in [-0.15, -0.1) is 0 Å². The Bertz CT molecular complexity index is 600. The quantitative estimate of drug-likeness (QED) is 0.887. The molecule has 0 radical (unpaired) electrons. The first kappa shape index (κ1) is 14.8. The lowest BCUT2D eigenvalue weighted by molar-refractivity contribution is -0.125. The maximum absolute atomic E-state index is 11.9. The van der Waals surface area contributed by atoms with E-state index in [1.165, 1.54) is 0 Å². The van der Waals surface area contributed by atoms with Gasteiger partial charge in [-0.25, -0.2) is 0 Å². The van der Waals surface area contributed by atoms with Crippen molar-refractivity contribution in [3.05, 3.63) is 48.2 Å². The van der Waals surface area contributed by atoms with Crippen LogP contribution in [-0.4, -0.2) is 30.8 Å². The number of carbonyl (C=O) groups is 1. The van der Waals surface area contributed by atoms with Gasteiger partial charge in [0.2, 0.25) is 5.91 Å². The Balaban J connectivity index is 1.55. The topological polar surface area (TPSA) is 71.7 Å². The van der Waals surface area contributed by atoms with E-state index in [9.17, 15) is 9.90 Å². The van der Waals surface area contributed by atoms with Crippen molar-refractivity contribution in [2.75, 3.05) is 19.8 Å². The van der Waals surface area contributed by atoms with Gasteiger partial charge in [-0.1, -0.05) is 24.3 Å². The molecule has 1 aliphatic rings. The van der Waals surface area contributed by atoms with Crippen molar-refractivity contribution >= 4 is 5.91 Å². The molecule has 22 heavy (non-hydrogen) atoms. The predicted octanol–water partition coefficient (Wildman–Crippen LogP) is 2.13. The Hall–Kier alpha value is -2.11. The van der Waals surface area contributed by atoms with Crippen LogP contribution in [0.3, 0.4) is 0 Å². The summed E-state index contributed by atoms with van der Waals surface area (Å²) in [4.78, 5) is 11.9. The molecule has 1 aromatic heterocycles. The van der Waals surface area contributed by atoms with Crippen molar-refractivity contribution < 1.29 is 19.1 Å². The summed E-state index contributed by atoms with van der Waals surface area (Å²) >= 11 is 0. The van der Waals surface area contributed by atoms with Crippen molar-refractivity contribution in [2.24, 2.45) is 5.92 Å². The van der Waals surface area contributed by atoms with Gasteiger partial charge in [0.25, 0.3) is 0 Å². The monoisotopic (exact) mass is 301 g/mol. The van der Waals surface area contributed by atoms with E-state index in [-0.39, 0.29) is 18.4 Å². The highest BCUT2D eigenvalue weighted by molar-refractivity contribution is 5.79.